The van der Waals surface area contributed by atoms with Crippen molar-refractivity contribution < 1.29 is 23.1 Å². The number of halogens is 3. The molecule has 2 aromatic rings. The van der Waals surface area contributed by atoms with Gasteiger partial charge in [-0.2, -0.15) is 18.4 Å². The van der Waals surface area contributed by atoms with Crippen molar-refractivity contribution in [2.45, 2.75) is 74.7 Å². The minimum atomic E-state index is -4.81. The number of nitriles is 1. The highest BCUT2D eigenvalue weighted by Gasteiger charge is 2.51. The van der Waals surface area contributed by atoms with Crippen molar-refractivity contribution in [1.29, 1.82) is 5.26 Å². The monoisotopic (exact) mass is 463 g/mol. The summed E-state index contributed by atoms with van der Waals surface area (Å²) < 4.78 is 39.3. The van der Waals surface area contributed by atoms with Gasteiger partial charge in [-0.05, 0) is 63.1 Å². The molecular weight excluding hydrogens is 439 g/mol. The molecule has 1 N–H and O–H groups in total. The molecule has 9 heteroatoms. The molecule has 2 saturated carbocycles. The second kappa shape index (κ2) is 8.16. The molecule has 32 heavy (non-hydrogen) atoms. The van der Waals surface area contributed by atoms with Gasteiger partial charge in [0.15, 0.2) is 5.60 Å². The SMILES string of the molecule is C[C@](O)(c1ccc(C(=O)N(C2CC2)[C@H]2CC[C@](C#N)(c3nccs3)CC2)cc1)C(F)(F)F. The third-order valence-corrected chi connectivity index (χ3v) is 7.66. The smallest absolute Gasteiger partial charge is 0.376 e. The highest BCUT2D eigenvalue weighted by Crippen LogP contribution is 2.44. The summed E-state index contributed by atoms with van der Waals surface area (Å²) in [6.07, 6.45) is 1.28. The summed E-state index contributed by atoms with van der Waals surface area (Å²) in [4.78, 5) is 19.5. The van der Waals surface area contributed by atoms with E-state index >= 15 is 0 Å². The summed E-state index contributed by atoms with van der Waals surface area (Å²) in [5.74, 6) is -0.214. The summed E-state index contributed by atoms with van der Waals surface area (Å²) in [5.41, 5.74) is -3.60. The number of nitrogens with zero attached hydrogens (tertiary/aromatic N) is 3. The zero-order valence-corrected chi connectivity index (χ0v) is 18.4. The van der Waals surface area contributed by atoms with Crippen molar-refractivity contribution in [3.8, 4) is 6.07 Å². The molecule has 0 aliphatic heterocycles. The molecule has 0 radical (unpaired) electrons. The number of rotatable bonds is 5. The molecule has 4 rings (SSSR count). The normalized spacial score (nSPS) is 25.6. The van der Waals surface area contributed by atoms with Gasteiger partial charge in [0.2, 0.25) is 0 Å². The van der Waals surface area contributed by atoms with Crippen LogP contribution >= 0.6 is 11.3 Å². The predicted molar refractivity (Wildman–Crippen MR) is 113 cm³/mol. The minimum Gasteiger partial charge on any atom is -0.376 e. The van der Waals surface area contributed by atoms with Crippen molar-refractivity contribution in [3.63, 3.8) is 0 Å². The van der Waals surface area contributed by atoms with Gasteiger partial charge in [-0.25, -0.2) is 4.98 Å². The summed E-state index contributed by atoms with van der Waals surface area (Å²) in [6.45, 7) is 0.701. The maximum absolute atomic E-state index is 13.3. The van der Waals surface area contributed by atoms with E-state index in [1.807, 2.05) is 10.3 Å². The van der Waals surface area contributed by atoms with Gasteiger partial charge < -0.3 is 10.0 Å². The minimum absolute atomic E-state index is 0.0191. The molecule has 1 heterocycles. The number of amides is 1. The molecule has 1 amide bonds. The van der Waals surface area contributed by atoms with Crippen LogP contribution in [0.2, 0.25) is 0 Å². The third kappa shape index (κ3) is 4.02. The number of alkyl halides is 3. The maximum Gasteiger partial charge on any atom is 0.421 e. The molecular formula is C23H24F3N3O2S. The van der Waals surface area contributed by atoms with Crippen LogP contribution in [0, 0.1) is 11.3 Å². The molecule has 5 nitrogen and oxygen atoms in total. The zero-order valence-electron chi connectivity index (χ0n) is 17.6. The van der Waals surface area contributed by atoms with Crippen molar-refractivity contribution >= 4 is 17.2 Å². The zero-order chi connectivity index (χ0) is 23.1. The van der Waals surface area contributed by atoms with E-state index in [0.717, 1.165) is 30.0 Å². The first-order valence-electron chi connectivity index (χ1n) is 10.6. The number of hydrogen-bond donors (Lipinski definition) is 1. The van der Waals surface area contributed by atoms with E-state index in [9.17, 15) is 28.3 Å². The summed E-state index contributed by atoms with van der Waals surface area (Å²) in [7, 11) is 0. The average Bonchev–Trinajstić information content (AvgIpc) is 3.44. The predicted octanol–water partition coefficient (Wildman–Crippen LogP) is 4.92. The Morgan fingerprint density at radius 3 is 2.25 bits per heavy atom. The molecule has 1 atom stereocenters. The molecule has 1 aromatic carbocycles. The molecule has 0 saturated heterocycles. The molecule has 2 aliphatic carbocycles. The quantitative estimate of drug-likeness (QED) is 0.683. The number of aliphatic hydroxyl groups is 1. The van der Waals surface area contributed by atoms with Gasteiger partial charge >= 0.3 is 6.18 Å². The van der Waals surface area contributed by atoms with Crippen molar-refractivity contribution in [2.24, 2.45) is 0 Å². The lowest BCUT2D eigenvalue weighted by molar-refractivity contribution is -0.258. The van der Waals surface area contributed by atoms with E-state index in [-0.39, 0.29) is 23.6 Å². The fraction of sp³-hybridized carbons (Fsp3) is 0.522. The van der Waals surface area contributed by atoms with Crippen LogP contribution in [-0.2, 0) is 11.0 Å². The number of benzene rings is 1. The second-order valence-corrected chi connectivity index (χ2v) is 9.75. The molecule has 0 bridgehead atoms. The van der Waals surface area contributed by atoms with Gasteiger partial charge in [0.1, 0.15) is 10.4 Å². The Morgan fingerprint density at radius 2 is 1.78 bits per heavy atom. The Kier molecular flexibility index (Phi) is 5.80. The van der Waals surface area contributed by atoms with Crippen LogP contribution < -0.4 is 0 Å². The van der Waals surface area contributed by atoms with E-state index in [4.69, 9.17) is 0 Å². The van der Waals surface area contributed by atoms with E-state index in [1.54, 1.807) is 6.20 Å². The Hall–Kier alpha value is -2.44. The van der Waals surface area contributed by atoms with E-state index in [0.29, 0.717) is 38.2 Å². The fourth-order valence-electron chi connectivity index (χ4n) is 4.44. The molecule has 2 fully saturated rings. The van der Waals surface area contributed by atoms with Crippen LogP contribution in [0.15, 0.2) is 35.8 Å². The van der Waals surface area contributed by atoms with Crippen LogP contribution in [0.25, 0.3) is 0 Å². The van der Waals surface area contributed by atoms with Crippen molar-refractivity contribution in [1.82, 2.24) is 9.88 Å². The largest absolute Gasteiger partial charge is 0.421 e. The molecule has 0 unspecified atom stereocenters. The fourth-order valence-corrected chi connectivity index (χ4v) is 5.29. The maximum atomic E-state index is 13.3. The number of aromatic nitrogens is 1. The summed E-state index contributed by atoms with van der Waals surface area (Å²) in [6, 6.07) is 7.58. The van der Waals surface area contributed by atoms with E-state index < -0.39 is 17.2 Å². The molecule has 1 aromatic heterocycles. The van der Waals surface area contributed by atoms with Crippen LogP contribution in [0.3, 0.4) is 0 Å². The topological polar surface area (TPSA) is 77.2 Å². The molecule has 2 aliphatic rings. The van der Waals surface area contributed by atoms with Crippen molar-refractivity contribution in [2.75, 3.05) is 0 Å². The summed E-state index contributed by atoms with van der Waals surface area (Å²) in [5, 5.41) is 22.4. The second-order valence-electron chi connectivity index (χ2n) is 8.85. The van der Waals surface area contributed by atoms with Crippen LogP contribution in [0.1, 0.15) is 66.4 Å². The average molecular weight is 464 g/mol. The highest BCUT2D eigenvalue weighted by atomic mass is 32.1. The first-order chi connectivity index (χ1) is 15.1. The Morgan fingerprint density at radius 1 is 1.19 bits per heavy atom. The van der Waals surface area contributed by atoms with E-state index in [2.05, 4.69) is 11.1 Å². The van der Waals surface area contributed by atoms with Gasteiger partial charge in [0, 0.05) is 29.2 Å². The van der Waals surface area contributed by atoms with Crippen LogP contribution in [0.5, 0.6) is 0 Å². The van der Waals surface area contributed by atoms with Crippen LogP contribution in [-0.4, -0.2) is 39.2 Å². The third-order valence-electron chi connectivity index (χ3n) is 6.68. The van der Waals surface area contributed by atoms with Crippen molar-refractivity contribution in [3.05, 3.63) is 52.0 Å². The number of hydrogen-bond acceptors (Lipinski definition) is 5. The lowest BCUT2D eigenvalue weighted by Crippen LogP contribution is -2.46. The first-order valence-corrected chi connectivity index (χ1v) is 11.5. The standard InChI is InChI=1S/C23H24F3N3O2S/c1-21(31,23(24,25)26)16-4-2-15(3-5-16)19(30)29(17-6-7-17)18-8-10-22(14-27,11-9-18)20-28-12-13-32-20/h2-5,12-13,17-18,31H,6-11H2,1H3/t18-,21-,22-/m0/s1. The van der Waals surface area contributed by atoms with E-state index in [1.165, 1.54) is 23.5 Å². The van der Waals surface area contributed by atoms with Gasteiger partial charge in [0.25, 0.3) is 5.91 Å². The lowest BCUT2D eigenvalue weighted by atomic mass is 9.73. The Labute approximate surface area is 188 Å². The van der Waals surface area contributed by atoms with Crippen LogP contribution in [0.4, 0.5) is 13.2 Å². The lowest BCUT2D eigenvalue weighted by Gasteiger charge is -2.40. The molecule has 170 valence electrons. The van der Waals surface area contributed by atoms with Gasteiger partial charge in [-0.1, -0.05) is 12.1 Å². The highest BCUT2D eigenvalue weighted by molar-refractivity contribution is 7.09. The first kappa shape index (κ1) is 22.7. The number of carbonyl (C=O) groups excluding carboxylic acids is 1. The Balaban J connectivity index is 1.51. The number of thiazole rings is 1. The Bertz CT molecular complexity index is 1000. The molecule has 0 spiro atoms. The van der Waals surface area contributed by atoms with Gasteiger partial charge in [0.05, 0.1) is 6.07 Å². The number of carbonyl (C=O) groups is 1. The summed E-state index contributed by atoms with van der Waals surface area (Å²) >= 11 is 1.47. The van der Waals surface area contributed by atoms with Gasteiger partial charge in [-0.15, -0.1) is 11.3 Å². The van der Waals surface area contributed by atoms with Gasteiger partial charge in [-0.3, -0.25) is 4.79 Å².